The topological polar surface area (TPSA) is 162 Å². The predicted octanol–water partition coefficient (Wildman–Crippen LogP) is 13.7. The van der Waals surface area contributed by atoms with Crippen molar-refractivity contribution in [2.45, 2.75) is 166 Å². The summed E-state index contributed by atoms with van der Waals surface area (Å²) in [6, 6.07) is 25.8. The highest BCUT2D eigenvalue weighted by Crippen LogP contribution is 2.62. The third kappa shape index (κ3) is 13.3. The van der Waals surface area contributed by atoms with Crippen LogP contribution >= 0.6 is 0 Å². The summed E-state index contributed by atoms with van der Waals surface area (Å²) in [5, 5.41) is 39.3. The van der Waals surface area contributed by atoms with Crippen molar-refractivity contribution in [3.63, 3.8) is 0 Å². The number of rotatable bonds is 29. The zero-order chi connectivity index (χ0) is 51.7. The van der Waals surface area contributed by atoms with Gasteiger partial charge in [0.15, 0.2) is 0 Å². The van der Waals surface area contributed by atoms with Gasteiger partial charge in [0.1, 0.15) is 23.3 Å². The summed E-state index contributed by atoms with van der Waals surface area (Å²) >= 11 is 0. The van der Waals surface area contributed by atoms with E-state index in [0.717, 1.165) is 91.7 Å². The Bertz CT molecular complexity index is 2530. The second-order valence-corrected chi connectivity index (χ2v) is 20.8. The van der Waals surface area contributed by atoms with Crippen LogP contribution in [-0.2, 0) is 25.7 Å². The molecule has 0 spiro atoms. The Hall–Kier alpha value is -5.60. The van der Waals surface area contributed by atoms with Crippen LogP contribution in [0.15, 0.2) is 114 Å². The van der Waals surface area contributed by atoms with Crippen LogP contribution in [-0.4, -0.2) is 76.2 Å². The molecule has 7 atom stereocenters. The van der Waals surface area contributed by atoms with Gasteiger partial charge in [0, 0.05) is 56.6 Å². The van der Waals surface area contributed by atoms with Crippen LogP contribution in [0.1, 0.15) is 152 Å². The maximum absolute atomic E-state index is 15.6. The zero-order valence-electron chi connectivity index (χ0n) is 43.6. The lowest BCUT2D eigenvalue weighted by Crippen LogP contribution is -2.70. The Morgan fingerprint density at radius 2 is 1.62 bits per heavy atom. The summed E-state index contributed by atoms with van der Waals surface area (Å²) in [6.45, 7) is 7.55. The molecule has 2 fully saturated rings. The summed E-state index contributed by atoms with van der Waals surface area (Å²) in [5.74, 6) is -0.837. The number of allylic oxidation sites excluding steroid dienone is 1. The van der Waals surface area contributed by atoms with E-state index in [9.17, 15) is 20.3 Å². The van der Waals surface area contributed by atoms with Crippen molar-refractivity contribution in [1.82, 2.24) is 4.90 Å². The van der Waals surface area contributed by atoms with Crippen LogP contribution in [0.4, 0.5) is 5.69 Å². The monoisotopic (exact) mass is 1010 g/mol. The fourth-order valence-corrected chi connectivity index (χ4v) is 12.1. The quantitative estimate of drug-likeness (QED) is 0.0232. The summed E-state index contributed by atoms with van der Waals surface area (Å²) in [5.41, 5.74) is 3.48. The largest absolute Gasteiger partial charge is 0.459 e. The number of oxime groups is 1. The maximum Gasteiger partial charge on any atom is 0.273 e. The molecular formula is C61H79N3O10. The normalized spacial score (nSPS) is 23.6. The number of aliphatic hydroxyl groups excluding tert-OH is 2. The molecule has 8 rings (SSSR count). The Balaban J connectivity index is 1.29. The van der Waals surface area contributed by atoms with E-state index >= 15 is 4.79 Å². The number of aliphatic hydroxyl groups is 2. The van der Waals surface area contributed by atoms with Crippen molar-refractivity contribution in [2.75, 3.05) is 26.4 Å². The first-order chi connectivity index (χ1) is 36.3. The Kier molecular flexibility index (Phi) is 20.1. The van der Waals surface area contributed by atoms with Crippen molar-refractivity contribution in [2.24, 2.45) is 22.9 Å². The highest BCUT2D eigenvalue weighted by Gasteiger charge is 2.65. The number of non-ortho nitro benzene ring substituents is 1. The molecule has 398 valence electrons. The molecule has 2 N–H and O–H groups in total. The molecule has 74 heavy (non-hydrogen) atoms. The third-order valence-electron chi connectivity index (χ3n) is 15.7. The van der Waals surface area contributed by atoms with E-state index in [4.69, 9.17) is 28.9 Å². The molecular weight excluding hydrogens is 935 g/mol. The van der Waals surface area contributed by atoms with Gasteiger partial charge in [-0.15, -0.1) is 6.58 Å². The fourth-order valence-electron chi connectivity index (χ4n) is 12.1. The van der Waals surface area contributed by atoms with E-state index in [1.54, 1.807) is 18.2 Å². The number of hydrogen-bond donors (Lipinski definition) is 2. The highest BCUT2D eigenvalue weighted by molar-refractivity contribution is 6.03. The van der Waals surface area contributed by atoms with E-state index in [1.807, 2.05) is 35.2 Å². The first kappa shape index (κ1) is 54.7. The second-order valence-electron chi connectivity index (χ2n) is 20.8. The van der Waals surface area contributed by atoms with Gasteiger partial charge in [0.05, 0.1) is 35.8 Å². The minimum atomic E-state index is -1.45. The number of nitro groups is 1. The number of fused-ring (bicyclic) bond motifs is 3. The van der Waals surface area contributed by atoms with Gasteiger partial charge in [-0.2, -0.15) is 0 Å². The van der Waals surface area contributed by atoms with E-state index < -0.39 is 29.0 Å². The average Bonchev–Trinajstić information content (AvgIpc) is 3.45. The molecule has 0 aromatic heterocycles. The number of carbonyl (C=O) groups excluding carboxylic acids is 1. The summed E-state index contributed by atoms with van der Waals surface area (Å²) < 4.78 is 27.5. The van der Waals surface area contributed by atoms with Crippen LogP contribution in [0, 0.1) is 27.9 Å². The predicted molar refractivity (Wildman–Crippen MR) is 289 cm³/mol. The number of amides is 1. The Morgan fingerprint density at radius 3 is 2.38 bits per heavy atom. The van der Waals surface area contributed by atoms with Crippen molar-refractivity contribution >= 4 is 28.1 Å². The standard InChI is InChI=1S/C61H79N3O10/c1-3-5-6-7-8-9-10-11-12-31-57(67)63(43-46-26-21-25-44-23-13-14-29-50(44)46)56-42-54(62-74-58-32-17-20-38-70-58)52-39-45(24-15-18-35-65)51(30-16-19-36-66)59-53-41-49(72-48-28-22-27-47(40-48)64(68)69)33-34-55(53)73-61(56,60(52)59)71-37-4-2/h4,13-14,21-23,25-29,33-34,39-41,45,51,56,58-60,65-66H,2-3,5-12,15-20,24,30-32,35-38,42-43H2,1H3. The van der Waals surface area contributed by atoms with E-state index in [0.29, 0.717) is 61.8 Å². The number of unbranched alkanes of at least 4 members (excludes halogenated alkanes) is 10. The SMILES string of the molecule is C=CCOC12Oc3ccc(Oc4cccc([N+](=O)[O-])c4)cc3C3C(CCCCO)C(CCCCO)C=C(C(=NOC4CCCCO4)CC1N(Cc1cccc4ccccc14)C(=O)CCCCCCCCCCC)C32. The molecule has 7 unspecified atom stereocenters. The lowest BCUT2D eigenvalue weighted by Gasteiger charge is -2.60. The fraction of sp³-hybridized carbons (Fsp3) is 0.541. The minimum Gasteiger partial charge on any atom is -0.459 e. The molecule has 1 amide bonds. The van der Waals surface area contributed by atoms with Crippen molar-refractivity contribution in [3.8, 4) is 17.2 Å². The number of hydrogen-bond acceptors (Lipinski definition) is 11. The average molecular weight is 1010 g/mol. The van der Waals surface area contributed by atoms with Crippen molar-refractivity contribution in [1.29, 1.82) is 0 Å². The molecule has 4 aromatic rings. The molecule has 4 aromatic carbocycles. The van der Waals surface area contributed by atoms with Crippen LogP contribution in [0.3, 0.4) is 0 Å². The van der Waals surface area contributed by atoms with Gasteiger partial charge in [-0.3, -0.25) is 14.9 Å². The molecule has 0 bridgehead atoms. The number of ether oxygens (including phenoxy) is 4. The molecule has 2 aliphatic heterocycles. The first-order valence-electron chi connectivity index (χ1n) is 27.8. The molecule has 4 aliphatic rings. The minimum absolute atomic E-state index is 0.0109. The maximum atomic E-state index is 15.6. The van der Waals surface area contributed by atoms with Gasteiger partial charge in [0.2, 0.25) is 18.0 Å². The second kappa shape index (κ2) is 27.3. The van der Waals surface area contributed by atoms with Gasteiger partial charge < -0.3 is 38.9 Å². The number of carbonyl (C=O) groups is 1. The molecule has 13 nitrogen and oxygen atoms in total. The van der Waals surface area contributed by atoms with Crippen molar-refractivity contribution < 1.29 is 43.7 Å². The molecule has 2 aliphatic carbocycles. The van der Waals surface area contributed by atoms with E-state index in [1.165, 1.54) is 44.2 Å². The smallest absolute Gasteiger partial charge is 0.273 e. The van der Waals surface area contributed by atoms with Gasteiger partial charge in [-0.25, -0.2) is 0 Å². The Labute approximate surface area is 438 Å². The van der Waals surface area contributed by atoms with Gasteiger partial charge in [0.25, 0.3) is 5.69 Å². The first-order valence-corrected chi connectivity index (χ1v) is 27.8. The van der Waals surface area contributed by atoms with Gasteiger partial charge in [-0.05, 0) is 103 Å². The van der Waals surface area contributed by atoms with Crippen LogP contribution in [0.25, 0.3) is 10.8 Å². The van der Waals surface area contributed by atoms with Gasteiger partial charge in [-0.1, -0.05) is 137 Å². The highest BCUT2D eigenvalue weighted by atomic mass is 16.8. The van der Waals surface area contributed by atoms with E-state index in [-0.39, 0.29) is 55.6 Å². The molecule has 1 saturated heterocycles. The van der Waals surface area contributed by atoms with Crippen LogP contribution in [0.5, 0.6) is 17.2 Å². The third-order valence-corrected chi connectivity index (χ3v) is 15.7. The molecule has 0 radical (unpaired) electrons. The summed E-state index contributed by atoms with van der Waals surface area (Å²) in [6.07, 6.45) is 21.4. The zero-order valence-corrected chi connectivity index (χ0v) is 43.6. The molecule has 13 heteroatoms. The molecule has 1 saturated carbocycles. The Morgan fingerprint density at radius 1 is 0.878 bits per heavy atom. The molecule has 2 heterocycles. The van der Waals surface area contributed by atoms with E-state index in [2.05, 4.69) is 49.9 Å². The van der Waals surface area contributed by atoms with Crippen LogP contribution < -0.4 is 9.47 Å². The number of benzene rings is 4. The summed E-state index contributed by atoms with van der Waals surface area (Å²) in [4.78, 5) is 35.4. The number of nitrogens with zero attached hydrogens (tertiary/aromatic N) is 3. The van der Waals surface area contributed by atoms with Gasteiger partial charge >= 0.3 is 0 Å². The number of nitro benzene ring substituents is 1. The lowest BCUT2D eigenvalue weighted by atomic mass is 9.55. The van der Waals surface area contributed by atoms with Crippen LogP contribution in [0.2, 0.25) is 0 Å². The van der Waals surface area contributed by atoms with Crippen molar-refractivity contribution in [3.05, 3.63) is 130 Å². The lowest BCUT2D eigenvalue weighted by molar-refractivity contribution is -0.384. The summed E-state index contributed by atoms with van der Waals surface area (Å²) in [7, 11) is 0.